The molecule has 5 nitrogen and oxygen atoms in total. The fraction of sp³-hybridized carbons (Fsp3) is 0.250. The number of halogens is 3. The summed E-state index contributed by atoms with van der Waals surface area (Å²) in [6.45, 7) is 0.926. The van der Waals surface area contributed by atoms with Gasteiger partial charge in [-0.1, -0.05) is 29.3 Å². The molecule has 1 aliphatic rings. The number of carbonyl (C=O) groups excluding carboxylic acids is 2. The zero-order valence-electron chi connectivity index (χ0n) is 14.9. The summed E-state index contributed by atoms with van der Waals surface area (Å²) >= 11 is 11.8. The first-order valence-electron chi connectivity index (χ1n) is 8.77. The van der Waals surface area contributed by atoms with Gasteiger partial charge in [-0.05, 0) is 54.8 Å². The number of hydrogen-bond donors (Lipinski definition) is 1. The summed E-state index contributed by atoms with van der Waals surface area (Å²) in [6.07, 6.45) is 2.58. The molecule has 3 rings (SSSR count). The first kappa shape index (κ1) is 20.3. The third kappa shape index (κ3) is 5.09. The zero-order valence-corrected chi connectivity index (χ0v) is 16.4. The van der Waals surface area contributed by atoms with Gasteiger partial charge in [-0.15, -0.1) is 0 Å². The fourth-order valence-corrected chi connectivity index (χ4v) is 3.28. The van der Waals surface area contributed by atoms with Crippen LogP contribution < -0.4 is 5.43 Å². The lowest BCUT2D eigenvalue weighted by Gasteiger charge is -2.31. The molecule has 8 heteroatoms. The highest BCUT2D eigenvalue weighted by atomic mass is 35.5. The van der Waals surface area contributed by atoms with E-state index in [0.29, 0.717) is 41.5 Å². The zero-order chi connectivity index (χ0) is 20.1. The topological polar surface area (TPSA) is 61.8 Å². The van der Waals surface area contributed by atoms with E-state index in [2.05, 4.69) is 10.5 Å². The van der Waals surface area contributed by atoms with Gasteiger partial charge in [-0.25, -0.2) is 9.82 Å². The van der Waals surface area contributed by atoms with Crippen molar-refractivity contribution in [2.24, 2.45) is 11.0 Å². The Bertz CT molecular complexity index is 895. The molecule has 28 heavy (non-hydrogen) atoms. The maximum absolute atomic E-state index is 13.0. The number of rotatable bonds is 4. The van der Waals surface area contributed by atoms with E-state index < -0.39 is 0 Å². The molecule has 1 aliphatic heterocycles. The van der Waals surface area contributed by atoms with Gasteiger partial charge in [0.2, 0.25) is 5.91 Å². The van der Waals surface area contributed by atoms with E-state index in [1.54, 1.807) is 23.1 Å². The molecule has 0 unspecified atom stereocenters. The Balaban J connectivity index is 1.49. The molecular formula is C20H18Cl2FN3O2. The first-order chi connectivity index (χ1) is 13.4. The molecule has 2 aromatic carbocycles. The van der Waals surface area contributed by atoms with E-state index >= 15 is 0 Å². The van der Waals surface area contributed by atoms with Crippen molar-refractivity contribution in [2.75, 3.05) is 13.1 Å². The van der Waals surface area contributed by atoms with Gasteiger partial charge >= 0.3 is 0 Å². The highest BCUT2D eigenvalue weighted by molar-refractivity contribution is 6.42. The van der Waals surface area contributed by atoms with E-state index in [-0.39, 0.29) is 23.5 Å². The molecule has 1 saturated heterocycles. The molecule has 1 N–H and O–H groups in total. The van der Waals surface area contributed by atoms with Crippen LogP contribution >= 0.6 is 23.2 Å². The first-order valence-corrected chi connectivity index (χ1v) is 9.52. The predicted molar refractivity (Wildman–Crippen MR) is 107 cm³/mol. The Labute approximate surface area is 172 Å². The molecule has 0 bridgehead atoms. The van der Waals surface area contributed by atoms with Gasteiger partial charge in [0.05, 0.1) is 16.3 Å². The number of amides is 2. The van der Waals surface area contributed by atoms with E-state index in [0.717, 1.165) is 5.56 Å². The third-order valence-electron chi connectivity index (χ3n) is 4.58. The minimum atomic E-state index is -0.381. The molecule has 0 aliphatic carbocycles. The Hall–Kier alpha value is -2.44. The van der Waals surface area contributed by atoms with Gasteiger partial charge in [0, 0.05) is 24.6 Å². The van der Waals surface area contributed by atoms with Gasteiger partial charge in [0.1, 0.15) is 5.82 Å². The summed E-state index contributed by atoms with van der Waals surface area (Å²) in [5, 5.41) is 4.82. The van der Waals surface area contributed by atoms with Crippen LogP contribution in [0.4, 0.5) is 4.39 Å². The van der Waals surface area contributed by atoms with Gasteiger partial charge in [-0.3, -0.25) is 9.59 Å². The van der Waals surface area contributed by atoms with Crippen LogP contribution in [0.25, 0.3) is 0 Å². The van der Waals surface area contributed by atoms with Gasteiger partial charge in [0.25, 0.3) is 5.91 Å². The highest BCUT2D eigenvalue weighted by Crippen LogP contribution is 2.22. The minimum absolute atomic E-state index is 0.156. The molecule has 0 atom stereocenters. The maximum Gasteiger partial charge on any atom is 0.253 e. The molecule has 2 aromatic rings. The number of hydrogen-bond acceptors (Lipinski definition) is 3. The monoisotopic (exact) mass is 421 g/mol. The summed E-state index contributed by atoms with van der Waals surface area (Å²) in [7, 11) is 0. The average molecular weight is 422 g/mol. The van der Waals surface area contributed by atoms with Crippen LogP contribution in [-0.4, -0.2) is 36.0 Å². The molecule has 146 valence electrons. The van der Waals surface area contributed by atoms with Crippen LogP contribution in [0.15, 0.2) is 47.6 Å². The summed E-state index contributed by atoms with van der Waals surface area (Å²) < 4.78 is 13.0. The van der Waals surface area contributed by atoms with Crippen LogP contribution in [0, 0.1) is 11.7 Å². The fourth-order valence-electron chi connectivity index (χ4n) is 2.97. The lowest BCUT2D eigenvalue weighted by Crippen LogP contribution is -2.42. The molecule has 0 aromatic heterocycles. The molecule has 0 spiro atoms. The molecule has 1 heterocycles. The Kier molecular flexibility index (Phi) is 6.65. The van der Waals surface area contributed by atoms with Crippen molar-refractivity contribution in [3.05, 3.63) is 69.5 Å². The van der Waals surface area contributed by atoms with Crippen LogP contribution in [0.5, 0.6) is 0 Å². The quantitative estimate of drug-likeness (QED) is 0.595. The Morgan fingerprint density at radius 2 is 1.75 bits per heavy atom. The van der Waals surface area contributed by atoms with Crippen molar-refractivity contribution < 1.29 is 14.0 Å². The molecule has 2 amide bonds. The van der Waals surface area contributed by atoms with E-state index in [9.17, 15) is 14.0 Å². The summed E-state index contributed by atoms with van der Waals surface area (Å²) in [5.41, 5.74) is 3.68. The number of nitrogens with zero attached hydrogens (tertiary/aromatic N) is 2. The number of carbonyl (C=O) groups is 2. The summed E-state index contributed by atoms with van der Waals surface area (Å²) in [5.74, 6) is -0.946. The van der Waals surface area contributed by atoms with E-state index in [4.69, 9.17) is 23.2 Å². The molecule has 0 radical (unpaired) electrons. The average Bonchev–Trinajstić information content (AvgIpc) is 2.71. The highest BCUT2D eigenvalue weighted by Gasteiger charge is 2.27. The van der Waals surface area contributed by atoms with Crippen molar-refractivity contribution in [2.45, 2.75) is 12.8 Å². The maximum atomic E-state index is 13.0. The van der Waals surface area contributed by atoms with Gasteiger partial charge in [-0.2, -0.15) is 5.10 Å². The van der Waals surface area contributed by atoms with Crippen LogP contribution in [0.3, 0.4) is 0 Å². The summed E-state index contributed by atoms with van der Waals surface area (Å²) in [6, 6.07) is 10.5. The number of likely N-dealkylation sites (tertiary alicyclic amines) is 1. The van der Waals surface area contributed by atoms with Crippen molar-refractivity contribution in [1.29, 1.82) is 0 Å². The normalized spacial score (nSPS) is 15.0. The third-order valence-corrected chi connectivity index (χ3v) is 5.32. The summed E-state index contributed by atoms with van der Waals surface area (Å²) in [4.78, 5) is 26.4. The van der Waals surface area contributed by atoms with Gasteiger partial charge < -0.3 is 4.90 Å². The predicted octanol–water partition coefficient (Wildman–Crippen LogP) is 4.14. The van der Waals surface area contributed by atoms with Crippen molar-refractivity contribution in [3.63, 3.8) is 0 Å². The Morgan fingerprint density at radius 3 is 2.39 bits per heavy atom. The number of benzene rings is 2. The van der Waals surface area contributed by atoms with Crippen molar-refractivity contribution in [3.8, 4) is 0 Å². The lowest BCUT2D eigenvalue weighted by molar-refractivity contribution is -0.126. The van der Waals surface area contributed by atoms with Crippen LogP contribution in [-0.2, 0) is 4.79 Å². The molecular weight excluding hydrogens is 404 g/mol. The number of hydrazone groups is 1. The second-order valence-corrected chi connectivity index (χ2v) is 7.30. The van der Waals surface area contributed by atoms with E-state index in [1.807, 2.05) is 0 Å². The van der Waals surface area contributed by atoms with E-state index in [1.165, 1.54) is 30.5 Å². The second-order valence-electron chi connectivity index (χ2n) is 6.48. The molecule has 0 saturated carbocycles. The minimum Gasteiger partial charge on any atom is -0.339 e. The van der Waals surface area contributed by atoms with Crippen LogP contribution in [0.1, 0.15) is 28.8 Å². The lowest BCUT2D eigenvalue weighted by atomic mass is 9.95. The second kappa shape index (κ2) is 9.17. The molecule has 1 fully saturated rings. The number of nitrogens with one attached hydrogen (secondary N) is 1. The van der Waals surface area contributed by atoms with Crippen LogP contribution in [0.2, 0.25) is 10.0 Å². The van der Waals surface area contributed by atoms with Crippen molar-refractivity contribution in [1.82, 2.24) is 10.3 Å². The number of piperidine rings is 1. The smallest absolute Gasteiger partial charge is 0.253 e. The Morgan fingerprint density at radius 1 is 1.07 bits per heavy atom. The SMILES string of the molecule is O=C(N/N=C\c1ccc(Cl)c(Cl)c1)C1CCN(C(=O)c2ccc(F)cc2)CC1. The van der Waals surface area contributed by atoms with Crippen molar-refractivity contribution >= 4 is 41.2 Å². The van der Waals surface area contributed by atoms with Gasteiger partial charge in [0.15, 0.2) is 0 Å². The largest absolute Gasteiger partial charge is 0.339 e. The standard InChI is InChI=1S/C20H18Cl2FN3O2/c21-17-6-1-13(11-18(17)22)12-24-25-19(27)14-7-9-26(10-8-14)20(28)15-2-4-16(23)5-3-15/h1-6,11-12,14H,7-10H2,(H,25,27)/b24-12-.